The minimum atomic E-state index is -1.02. The highest BCUT2D eigenvalue weighted by Gasteiger charge is 2.25. The van der Waals surface area contributed by atoms with Crippen LogP contribution in [0.2, 0.25) is 0 Å². The lowest BCUT2D eigenvalue weighted by Gasteiger charge is -2.28. The summed E-state index contributed by atoms with van der Waals surface area (Å²) in [5, 5.41) is 14.6. The lowest BCUT2D eigenvalue weighted by Crippen LogP contribution is -2.49. The molecule has 0 rings (SSSR count). The van der Waals surface area contributed by atoms with Crippen molar-refractivity contribution in [2.75, 3.05) is 47.3 Å². The molecule has 56 heavy (non-hydrogen) atoms. The number of nitrogens with one attached hydrogen (secondary N) is 2. The quantitative estimate of drug-likeness (QED) is 0.0423. The van der Waals surface area contributed by atoms with E-state index in [0.717, 1.165) is 69.1 Å². The zero-order valence-corrected chi connectivity index (χ0v) is 38.2. The molecule has 3 N–H and O–H groups in total. The summed E-state index contributed by atoms with van der Waals surface area (Å²) >= 11 is 0. The van der Waals surface area contributed by atoms with Gasteiger partial charge in [-0.05, 0) is 51.4 Å². The van der Waals surface area contributed by atoms with Gasteiger partial charge < -0.3 is 25.1 Å². The monoisotopic (exact) mass is 794 g/mol. The first-order chi connectivity index (χ1) is 27.1. The smallest absolute Gasteiger partial charge is 0.404 e. The molecule has 0 aliphatic carbocycles. The first-order valence-corrected chi connectivity index (χ1v) is 24.5. The Bertz CT molecular complexity index is 861. The van der Waals surface area contributed by atoms with E-state index < -0.39 is 12.1 Å². The fourth-order valence-corrected chi connectivity index (χ4v) is 7.79. The van der Waals surface area contributed by atoms with E-state index in [0.29, 0.717) is 32.2 Å². The molecular formula is C48H97N4O4+. The molecule has 0 aromatic carbocycles. The van der Waals surface area contributed by atoms with E-state index in [1.807, 2.05) is 0 Å². The number of quaternary nitrogens is 1. The van der Waals surface area contributed by atoms with Crippen LogP contribution >= 0.6 is 0 Å². The summed E-state index contributed by atoms with van der Waals surface area (Å²) in [6.07, 6.45) is 41.0. The Labute approximate surface area is 348 Å². The van der Waals surface area contributed by atoms with E-state index in [-0.39, 0.29) is 11.8 Å². The number of hydrogen-bond donors (Lipinski definition) is 3. The number of carboxylic acid groups (broad SMARTS) is 1. The minimum Gasteiger partial charge on any atom is -0.465 e. The van der Waals surface area contributed by atoms with Crippen LogP contribution in [0.25, 0.3) is 0 Å². The van der Waals surface area contributed by atoms with Crippen molar-refractivity contribution in [1.29, 1.82) is 0 Å². The maximum Gasteiger partial charge on any atom is 0.404 e. The van der Waals surface area contributed by atoms with Gasteiger partial charge in [-0.2, -0.15) is 0 Å². The average molecular weight is 794 g/mol. The summed E-state index contributed by atoms with van der Waals surface area (Å²) < 4.78 is 0.925. The van der Waals surface area contributed by atoms with Crippen LogP contribution in [0.4, 0.5) is 4.79 Å². The van der Waals surface area contributed by atoms with Crippen molar-refractivity contribution in [3.8, 4) is 0 Å². The number of rotatable bonds is 43. The zero-order chi connectivity index (χ0) is 41.4. The molecule has 3 amide bonds. The van der Waals surface area contributed by atoms with Crippen LogP contribution in [-0.4, -0.2) is 85.8 Å². The number of amides is 3. The molecule has 8 nitrogen and oxygen atoms in total. The molecule has 0 fully saturated rings. The van der Waals surface area contributed by atoms with Crippen LogP contribution < -0.4 is 10.6 Å². The van der Waals surface area contributed by atoms with Crippen molar-refractivity contribution in [2.24, 2.45) is 0 Å². The van der Waals surface area contributed by atoms with E-state index in [2.05, 4.69) is 50.5 Å². The number of nitrogens with zero attached hydrogens (tertiary/aromatic N) is 2. The molecule has 0 aromatic heterocycles. The second-order valence-electron chi connectivity index (χ2n) is 18.2. The minimum absolute atomic E-state index is 0.0369. The van der Waals surface area contributed by atoms with Crippen molar-refractivity contribution in [3.05, 3.63) is 0 Å². The Morgan fingerprint density at radius 3 is 1.25 bits per heavy atom. The molecule has 0 saturated heterocycles. The molecule has 0 heterocycles. The second kappa shape index (κ2) is 40.0. The summed E-state index contributed by atoms with van der Waals surface area (Å²) in [6.45, 7) is 7.52. The third kappa shape index (κ3) is 39.0. The highest BCUT2D eigenvalue weighted by Crippen LogP contribution is 2.16. The summed E-state index contributed by atoms with van der Waals surface area (Å²) in [5.41, 5.74) is 0. The highest BCUT2D eigenvalue weighted by molar-refractivity contribution is 5.87. The van der Waals surface area contributed by atoms with Gasteiger partial charge in [0.25, 0.3) is 0 Å². The Morgan fingerprint density at radius 2 is 0.875 bits per heavy atom. The lowest BCUT2D eigenvalue weighted by molar-refractivity contribution is -0.870. The fraction of sp³-hybridized carbons (Fsp3) is 0.938. The van der Waals surface area contributed by atoms with Gasteiger partial charge in [-0.15, -0.1) is 0 Å². The van der Waals surface area contributed by atoms with Crippen LogP contribution in [-0.2, 0) is 9.59 Å². The van der Waals surface area contributed by atoms with Gasteiger partial charge in [0.15, 0.2) is 0 Å². The predicted molar refractivity (Wildman–Crippen MR) is 240 cm³/mol. The van der Waals surface area contributed by atoms with E-state index in [9.17, 15) is 14.4 Å². The highest BCUT2D eigenvalue weighted by atomic mass is 16.4. The molecule has 8 heteroatoms. The van der Waals surface area contributed by atoms with Crippen molar-refractivity contribution in [1.82, 2.24) is 15.5 Å². The van der Waals surface area contributed by atoms with E-state index in [1.165, 1.54) is 154 Å². The molecule has 0 saturated carbocycles. The van der Waals surface area contributed by atoms with Crippen LogP contribution in [0.1, 0.15) is 239 Å². The predicted octanol–water partition coefficient (Wildman–Crippen LogP) is 13.0. The Balaban J connectivity index is 4.96. The number of unbranched alkanes of at least 4 members (excludes halogenated alkanes) is 29. The first-order valence-electron chi connectivity index (χ1n) is 24.5. The summed E-state index contributed by atoms with van der Waals surface area (Å²) in [7, 11) is 6.58. The van der Waals surface area contributed by atoms with E-state index in [4.69, 9.17) is 5.11 Å². The van der Waals surface area contributed by atoms with Gasteiger partial charge in [-0.25, -0.2) is 4.79 Å². The number of carbonyl (C=O) groups excluding carboxylic acids is 2. The van der Waals surface area contributed by atoms with Gasteiger partial charge in [0.05, 0.1) is 27.7 Å². The van der Waals surface area contributed by atoms with Crippen molar-refractivity contribution >= 4 is 17.9 Å². The molecular weight excluding hydrogens is 697 g/mol. The average Bonchev–Trinajstić information content (AvgIpc) is 3.15. The second-order valence-corrected chi connectivity index (χ2v) is 18.2. The van der Waals surface area contributed by atoms with Gasteiger partial charge in [0, 0.05) is 26.1 Å². The van der Waals surface area contributed by atoms with Crippen LogP contribution in [0, 0.1) is 0 Å². The van der Waals surface area contributed by atoms with Crippen LogP contribution in [0.5, 0.6) is 0 Å². The standard InChI is InChI=1S/C48H96N4O4/c1-6-8-10-12-14-16-18-20-22-24-26-28-30-36-42-51(43-37-31-29-27-25-23-21-19-17-15-13-11-9-7-2)47(54)45(39-34-35-41-49-48(55)56)50-46(53)40-33-32-38-44-52(3,4)5/h45,49H,6-44H2,1-5H3,(H-,50,53,55,56)/p+1. The topological polar surface area (TPSA) is 98.7 Å². The molecule has 332 valence electrons. The van der Waals surface area contributed by atoms with Crippen molar-refractivity contribution in [2.45, 2.75) is 245 Å². The van der Waals surface area contributed by atoms with Gasteiger partial charge >= 0.3 is 6.09 Å². The maximum atomic E-state index is 14.2. The number of hydrogen-bond acceptors (Lipinski definition) is 3. The lowest BCUT2D eigenvalue weighted by atomic mass is 10.0. The molecule has 1 unspecified atom stereocenters. The molecule has 0 spiro atoms. The SMILES string of the molecule is CCCCCCCCCCCCCCCCN(CCCCCCCCCCCCCCCC)C(=O)C(CCCCNC(=O)O)NC(=O)CCCCC[N+](C)(C)C. The molecule has 0 aromatic rings. The first kappa shape index (κ1) is 54.2. The molecule has 1 atom stereocenters. The Hall–Kier alpha value is -1.83. The third-order valence-electron chi connectivity index (χ3n) is 11.4. The van der Waals surface area contributed by atoms with Crippen LogP contribution in [0.3, 0.4) is 0 Å². The summed E-state index contributed by atoms with van der Waals surface area (Å²) in [5.74, 6) is 0.0177. The molecule has 0 aliphatic heterocycles. The van der Waals surface area contributed by atoms with Gasteiger partial charge in [-0.1, -0.05) is 181 Å². The van der Waals surface area contributed by atoms with Crippen molar-refractivity contribution in [3.63, 3.8) is 0 Å². The molecule has 0 radical (unpaired) electrons. The number of carbonyl (C=O) groups is 3. The maximum absolute atomic E-state index is 14.2. The summed E-state index contributed by atoms with van der Waals surface area (Å²) in [4.78, 5) is 40.3. The van der Waals surface area contributed by atoms with E-state index in [1.54, 1.807) is 0 Å². The largest absolute Gasteiger partial charge is 0.465 e. The zero-order valence-electron chi connectivity index (χ0n) is 38.2. The molecule has 0 bridgehead atoms. The van der Waals surface area contributed by atoms with Gasteiger partial charge in [-0.3, -0.25) is 9.59 Å². The van der Waals surface area contributed by atoms with Crippen LogP contribution in [0.15, 0.2) is 0 Å². The van der Waals surface area contributed by atoms with E-state index >= 15 is 0 Å². The van der Waals surface area contributed by atoms with Gasteiger partial charge in [0.2, 0.25) is 11.8 Å². The third-order valence-corrected chi connectivity index (χ3v) is 11.4. The fourth-order valence-electron chi connectivity index (χ4n) is 7.79. The Kier molecular flexibility index (Phi) is 38.7. The van der Waals surface area contributed by atoms with Gasteiger partial charge in [0.1, 0.15) is 6.04 Å². The Morgan fingerprint density at radius 1 is 0.500 bits per heavy atom. The molecule has 0 aliphatic rings. The summed E-state index contributed by atoms with van der Waals surface area (Å²) in [6, 6.07) is -0.545. The van der Waals surface area contributed by atoms with Crippen molar-refractivity contribution < 1.29 is 24.0 Å². The normalized spacial score (nSPS) is 12.2.